The number of phenolic OH excluding ortho intramolecular Hbond substituents is 1. The van der Waals surface area contributed by atoms with Crippen LogP contribution in [0.5, 0.6) is 63.2 Å². The fourth-order valence-electron chi connectivity index (χ4n) is 9.51. The molecular formula is C79H83Cl8F2N8NaO12. The Balaban J connectivity index is 0.000000468. The normalized spacial score (nSPS) is 10.2. The fraction of sp³-hybridized carbons (Fsp3) is 0.266. The van der Waals surface area contributed by atoms with Crippen LogP contribution < -0.4 is 73.8 Å². The Morgan fingerprint density at radius 2 is 0.882 bits per heavy atom. The van der Waals surface area contributed by atoms with Crippen LogP contribution in [0.2, 0.25) is 40.2 Å². The minimum atomic E-state index is -1.14. The van der Waals surface area contributed by atoms with Crippen molar-refractivity contribution in [3.05, 3.63) is 249 Å². The maximum absolute atomic E-state index is 12.8. The van der Waals surface area contributed by atoms with Crippen molar-refractivity contribution in [3.63, 3.8) is 0 Å². The molecule has 582 valence electrons. The molecule has 0 spiro atoms. The molecule has 1 amide bonds. The van der Waals surface area contributed by atoms with Gasteiger partial charge in [0.25, 0.3) is 5.91 Å². The number of nitrogens with one attached hydrogen (secondary N) is 1. The number of aromatic hydroxyl groups is 1. The number of carboxylic acids is 1. The average molecular weight is 1680 g/mol. The van der Waals surface area contributed by atoms with Gasteiger partial charge in [0, 0.05) is 73.2 Å². The van der Waals surface area contributed by atoms with Crippen LogP contribution in [0, 0.1) is 28.5 Å². The summed E-state index contributed by atoms with van der Waals surface area (Å²) in [6.45, 7) is 19.0. The van der Waals surface area contributed by atoms with Crippen molar-refractivity contribution in [2.24, 2.45) is 5.73 Å². The SMILES string of the molecule is COc1ccc(O)cc1C(C)C.COc1ccc(Oc2c(Cl)ccc(C#N)c2Cl)cc1C(C)C.COc1ccc(Oc2c(Cl)ccc(C(=O)NCCn3ccnc3)c2Cl)cc1C(C)C.COc1ccc(Oc2c(Cl)ccc(C(=O)O)c2Cl)cc1C(C)C.N#Cc1ccc(Cl)c(F)c1Cl.NCCn1ccnc1.[2H]CF.[Na+].[OH-]. The fourth-order valence-corrected chi connectivity index (χ4v) is 11.5. The van der Waals surface area contributed by atoms with E-state index in [-0.39, 0.29) is 117 Å². The third-order valence-electron chi connectivity index (χ3n) is 15.0. The van der Waals surface area contributed by atoms with Gasteiger partial charge in [-0.15, -0.1) is 0 Å². The zero-order valence-electron chi connectivity index (χ0n) is 63.4. The Kier molecular flexibility index (Phi) is 43.3. The first-order valence-electron chi connectivity index (χ1n) is 33.4. The summed E-state index contributed by atoms with van der Waals surface area (Å²) < 4.78 is 70.8. The number of aromatic nitrogens is 4. The number of imidazole rings is 2. The summed E-state index contributed by atoms with van der Waals surface area (Å²) in [5.74, 6) is 4.65. The van der Waals surface area contributed by atoms with Gasteiger partial charge in [-0.3, -0.25) is 9.18 Å². The molecule has 10 rings (SSSR count). The molecule has 0 saturated carbocycles. The molecular weight excluding hydrogens is 1600 g/mol. The van der Waals surface area contributed by atoms with Crippen LogP contribution in [-0.2, 0) is 13.1 Å². The van der Waals surface area contributed by atoms with Crippen LogP contribution in [0.15, 0.2) is 159 Å². The molecule has 6 N–H and O–H groups in total. The number of alkyl halides is 1. The third kappa shape index (κ3) is 29.0. The number of ether oxygens (including phenoxy) is 7. The first kappa shape index (κ1) is 95.8. The van der Waals surface area contributed by atoms with E-state index in [1.807, 2.05) is 71.8 Å². The number of phenols is 1. The smallest absolute Gasteiger partial charge is 0.870 e. The Labute approximate surface area is 703 Å². The summed E-state index contributed by atoms with van der Waals surface area (Å²) >= 11 is 48.1. The number of hydrogen-bond acceptors (Lipinski definition) is 16. The first-order valence-corrected chi connectivity index (χ1v) is 35.7. The van der Waals surface area contributed by atoms with E-state index in [4.69, 9.17) is 149 Å². The quantitative estimate of drug-likeness (QED) is 0.0384. The first-order chi connectivity index (χ1) is 51.9. The van der Waals surface area contributed by atoms with E-state index >= 15 is 0 Å². The van der Waals surface area contributed by atoms with E-state index < -0.39 is 18.9 Å². The number of aromatic carboxylic acids is 1. The number of methoxy groups -OCH3 is 4. The minimum absolute atomic E-state index is 0. The Bertz CT molecular complexity index is 4700. The van der Waals surface area contributed by atoms with Gasteiger partial charge in [0.15, 0.2) is 23.1 Å². The van der Waals surface area contributed by atoms with Crippen molar-refractivity contribution in [3.8, 4) is 75.4 Å². The zero-order valence-corrected chi connectivity index (χ0v) is 70.5. The van der Waals surface area contributed by atoms with Crippen LogP contribution >= 0.6 is 92.8 Å². The number of nitrogens with zero attached hydrogens (tertiary/aromatic N) is 6. The van der Waals surface area contributed by atoms with Crippen LogP contribution in [0.4, 0.5) is 8.78 Å². The zero-order chi connectivity index (χ0) is 81.2. The second-order valence-corrected chi connectivity index (χ2v) is 26.8. The van der Waals surface area contributed by atoms with E-state index in [1.165, 1.54) is 24.3 Å². The van der Waals surface area contributed by atoms with Crippen LogP contribution in [-0.4, -0.2) is 95.4 Å². The number of amides is 1. The summed E-state index contributed by atoms with van der Waals surface area (Å²) in [5.41, 5.74) is 9.92. The summed E-state index contributed by atoms with van der Waals surface area (Å²) in [6.07, 6.45) is 10.6. The summed E-state index contributed by atoms with van der Waals surface area (Å²) in [7, 11) is 5.50. The molecule has 31 heteroatoms. The van der Waals surface area contributed by atoms with Crippen molar-refractivity contribution in [2.75, 3.05) is 48.7 Å². The maximum atomic E-state index is 12.8. The van der Waals surface area contributed by atoms with E-state index in [9.17, 15) is 23.5 Å². The molecule has 0 atom stereocenters. The average Bonchev–Trinajstić information content (AvgIpc) is 0.910. The number of benzene rings is 8. The van der Waals surface area contributed by atoms with Gasteiger partial charge in [0.2, 0.25) is 0 Å². The molecule has 0 saturated heterocycles. The van der Waals surface area contributed by atoms with Gasteiger partial charge in [-0.05, 0) is 145 Å². The van der Waals surface area contributed by atoms with Crippen LogP contribution in [0.1, 0.15) is 135 Å². The van der Waals surface area contributed by atoms with Crippen molar-refractivity contribution >= 4 is 105 Å². The van der Waals surface area contributed by atoms with Crippen molar-refractivity contribution in [2.45, 2.75) is 92.2 Å². The number of nitriles is 2. The maximum Gasteiger partial charge on any atom is 1.00 e. The van der Waals surface area contributed by atoms with E-state index in [1.54, 1.807) is 126 Å². The molecule has 20 nitrogen and oxygen atoms in total. The largest absolute Gasteiger partial charge is 1.00 e. The summed E-state index contributed by atoms with van der Waals surface area (Å²) in [5, 5.41) is 39.6. The van der Waals surface area contributed by atoms with Gasteiger partial charge in [0.1, 0.15) is 63.2 Å². The minimum Gasteiger partial charge on any atom is -0.870 e. The number of carbonyl (C=O) groups excluding carboxylic acids is 1. The topological polar surface area (TPSA) is 290 Å². The van der Waals surface area contributed by atoms with Crippen LogP contribution in [0.3, 0.4) is 0 Å². The molecule has 0 aliphatic carbocycles. The number of hydrogen-bond donors (Lipinski definition) is 4. The van der Waals surface area contributed by atoms with Gasteiger partial charge in [0.05, 0.1) is 107 Å². The number of carbonyl (C=O) groups is 2. The molecule has 10 aromatic rings. The molecule has 0 unspecified atom stereocenters. The Morgan fingerprint density at radius 1 is 0.536 bits per heavy atom. The third-order valence-corrected chi connectivity index (χ3v) is 17.7. The van der Waals surface area contributed by atoms with Gasteiger partial charge in [-0.25, -0.2) is 19.2 Å². The van der Waals surface area contributed by atoms with Gasteiger partial charge in [-0.1, -0.05) is 148 Å². The molecule has 0 bridgehead atoms. The number of halogens is 10. The van der Waals surface area contributed by atoms with E-state index in [2.05, 4.69) is 56.8 Å². The second-order valence-electron chi connectivity index (χ2n) is 23.7. The standard InChI is InChI=1S/C22H23Cl2N3O3.C17H15Cl2NO2.C17H16Cl2O4.C10H14O2.C7H2Cl2FN.C5H9N3.CH3F.Na.H2O/c1-14(2)17-12-15(4-7-19(17)29-3)30-21-18(23)6-5-16(20(21)24)22(28)26-9-11-27-10-8-25-13-27;1-10(2)13-8-12(5-7-15(13)21-3)22-17-14(18)6-4-11(9-20)16(17)19;1-9(2)12-8-10(4-7-14(12)22-3)23-16-13(18)6-5-11(15(16)19)17(20)21;1-7(2)9-6-8(11)4-5-10(9)12-3;8-5-2-1-4(3-11)6(9)7(5)10;6-1-3-8-4-2-7-5-8;1-2;;/h4-8,10,12-14H,9,11H2,1-3H3,(H,26,28);4-8,10H,1-3H3;4-9H,1-3H3,(H,20,21);4-7,11H,1-3H3;1-2H;2,4-5H,1,3,6H2;1H3;;1H2/q;;;;;;;+1;/p-1/i;;;;;;1D;;. The van der Waals surface area contributed by atoms with E-state index in [0.29, 0.717) is 69.7 Å². The molecule has 110 heavy (non-hydrogen) atoms. The number of rotatable bonds is 21. The number of carboxylic acid groups (broad SMARTS) is 1. The molecule has 0 fully saturated rings. The molecule has 0 aliphatic rings. The molecule has 0 radical (unpaired) electrons. The van der Waals surface area contributed by atoms with Gasteiger partial charge in [-0.2, -0.15) is 10.5 Å². The Hall–Kier alpha value is -8.40. The summed E-state index contributed by atoms with van der Waals surface area (Å²) in [4.78, 5) is 31.6. The molecule has 2 heterocycles. The van der Waals surface area contributed by atoms with Crippen LogP contribution in [0.25, 0.3) is 0 Å². The van der Waals surface area contributed by atoms with Gasteiger partial charge >= 0.3 is 35.5 Å². The summed E-state index contributed by atoms with van der Waals surface area (Å²) in [6, 6.07) is 37.0. The van der Waals surface area contributed by atoms with Crippen molar-refractivity contribution < 1.29 is 98.1 Å². The predicted octanol–water partition coefficient (Wildman–Crippen LogP) is 19.7. The Morgan fingerprint density at radius 3 is 1.25 bits per heavy atom. The van der Waals surface area contributed by atoms with Crippen molar-refractivity contribution in [1.29, 1.82) is 10.5 Å². The van der Waals surface area contributed by atoms with Crippen molar-refractivity contribution in [1.82, 2.24) is 24.4 Å². The predicted molar refractivity (Wildman–Crippen MR) is 427 cm³/mol. The molecule has 8 aromatic carbocycles. The van der Waals surface area contributed by atoms with E-state index in [0.717, 1.165) is 51.8 Å². The van der Waals surface area contributed by atoms with Gasteiger partial charge < -0.3 is 69.0 Å². The molecule has 2 aromatic heterocycles. The molecule has 0 aliphatic heterocycles. The second kappa shape index (κ2) is 49.8. The number of nitrogens with two attached hydrogens (primary N) is 1. The monoisotopic (exact) mass is 1680 g/mol.